The number of hydrogen-bond acceptors (Lipinski definition) is 2. The lowest BCUT2D eigenvalue weighted by atomic mass is 10.1. The van der Waals surface area contributed by atoms with Crippen molar-refractivity contribution in [3.8, 4) is 0 Å². The fraction of sp³-hybridized carbons (Fsp3) is 0.333. The van der Waals surface area contributed by atoms with Gasteiger partial charge in [-0.3, -0.25) is 9.59 Å². The number of pyridine rings is 1. The van der Waals surface area contributed by atoms with E-state index < -0.39 is 0 Å². The van der Waals surface area contributed by atoms with Crippen LogP contribution in [0.25, 0.3) is 0 Å². The molecule has 1 aromatic heterocycles. The van der Waals surface area contributed by atoms with Crippen molar-refractivity contribution in [1.82, 2.24) is 9.88 Å². The van der Waals surface area contributed by atoms with E-state index in [9.17, 15) is 9.59 Å². The number of rotatable bonds is 5. The first-order valence-corrected chi connectivity index (χ1v) is 7.66. The lowest BCUT2D eigenvalue weighted by Crippen LogP contribution is -2.35. The van der Waals surface area contributed by atoms with Gasteiger partial charge in [0, 0.05) is 18.2 Å². The van der Waals surface area contributed by atoms with E-state index in [-0.39, 0.29) is 23.4 Å². The topological polar surface area (TPSA) is 51.1 Å². The Labute approximate surface area is 129 Å². The number of amides is 1. The highest BCUT2D eigenvalue weighted by molar-refractivity contribution is 5.81. The Morgan fingerprint density at radius 1 is 1.23 bits per heavy atom. The monoisotopic (exact) mass is 296 g/mol. The van der Waals surface area contributed by atoms with Crippen LogP contribution < -0.4 is 10.9 Å². The largest absolute Gasteiger partial charge is 0.347 e. The standard InChI is InChI=1S/C18H20N2O2/c1-13-11-15(13)18(22)19-16(14-7-3-2-4-8-14)12-20-10-6-5-9-17(20)21/h2-10,13,15-16H,11-12H2,1H3,(H,19,22)/t13-,15-,16-/m1/s1. The summed E-state index contributed by atoms with van der Waals surface area (Å²) in [7, 11) is 0. The van der Waals surface area contributed by atoms with E-state index in [0.29, 0.717) is 12.5 Å². The molecule has 1 N–H and O–H groups in total. The van der Waals surface area contributed by atoms with Gasteiger partial charge in [0.25, 0.3) is 5.56 Å². The Balaban J connectivity index is 1.81. The Kier molecular flexibility index (Phi) is 4.09. The van der Waals surface area contributed by atoms with Crippen LogP contribution in [0.5, 0.6) is 0 Å². The lowest BCUT2D eigenvalue weighted by Gasteiger charge is -2.20. The van der Waals surface area contributed by atoms with E-state index in [0.717, 1.165) is 12.0 Å². The van der Waals surface area contributed by atoms with Gasteiger partial charge in [-0.05, 0) is 24.0 Å². The maximum Gasteiger partial charge on any atom is 0.250 e. The Hall–Kier alpha value is -2.36. The van der Waals surface area contributed by atoms with E-state index in [2.05, 4.69) is 12.2 Å². The highest BCUT2D eigenvalue weighted by atomic mass is 16.2. The second-order valence-corrected chi connectivity index (χ2v) is 5.98. The number of nitrogens with zero attached hydrogens (tertiary/aromatic N) is 1. The molecule has 1 fully saturated rings. The molecule has 4 nitrogen and oxygen atoms in total. The average Bonchev–Trinajstić information content (AvgIpc) is 3.26. The van der Waals surface area contributed by atoms with Gasteiger partial charge >= 0.3 is 0 Å². The third-order valence-electron chi connectivity index (χ3n) is 4.24. The van der Waals surface area contributed by atoms with Crippen molar-refractivity contribution in [2.45, 2.75) is 25.9 Å². The van der Waals surface area contributed by atoms with E-state index in [1.807, 2.05) is 36.4 Å². The Bertz CT molecular complexity index is 708. The van der Waals surface area contributed by atoms with E-state index in [1.54, 1.807) is 16.8 Å². The number of carbonyl (C=O) groups is 1. The number of benzene rings is 1. The molecule has 4 heteroatoms. The van der Waals surface area contributed by atoms with Gasteiger partial charge in [0.05, 0.1) is 12.6 Å². The summed E-state index contributed by atoms with van der Waals surface area (Å²) in [4.78, 5) is 24.2. The molecule has 1 amide bonds. The van der Waals surface area contributed by atoms with Gasteiger partial charge in [-0.15, -0.1) is 0 Å². The predicted molar refractivity (Wildman–Crippen MR) is 85.3 cm³/mol. The van der Waals surface area contributed by atoms with Gasteiger partial charge in [0.15, 0.2) is 0 Å². The van der Waals surface area contributed by atoms with Crippen LogP contribution in [0.4, 0.5) is 0 Å². The molecule has 0 aliphatic heterocycles. The SMILES string of the molecule is C[C@@H]1C[C@H]1C(=O)N[C@H](Cn1ccccc1=O)c1ccccc1. The molecule has 1 aromatic carbocycles. The molecule has 2 aromatic rings. The van der Waals surface area contributed by atoms with Gasteiger partial charge < -0.3 is 9.88 Å². The third-order valence-corrected chi connectivity index (χ3v) is 4.24. The molecule has 1 aliphatic carbocycles. The van der Waals surface area contributed by atoms with Crippen molar-refractivity contribution in [3.63, 3.8) is 0 Å². The third kappa shape index (κ3) is 3.27. The molecule has 0 unspecified atom stereocenters. The Morgan fingerprint density at radius 3 is 2.55 bits per heavy atom. The van der Waals surface area contributed by atoms with Crippen molar-refractivity contribution in [3.05, 3.63) is 70.6 Å². The molecule has 1 saturated carbocycles. The zero-order valence-electron chi connectivity index (χ0n) is 12.6. The van der Waals surface area contributed by atoms with Crippen LogP contribution in [-0.4, -0.2) is 10.5 Å². The highest BCUT2D eigenvalue weighted by Gasteiger charge is 2.39. The van der Waals surface area contributed by atoms with Crippen LogP contribution in [-0.2, 0) is 11.3 Å². The summed E-state index contributed by atoms with van der Waals surface area (Å²) < 4.78 is 1.63. The van der Waals surface area contributed by atoms with E-state index in [1.165, 1.54) is 6.07 Å². The molecule has 0 saturated heterocycles. The van der Waals surface area contributed by atoms with Gasteiger partial charge in [0.1, 0.15) is 0 Å². The van der Waals surface area contributed by atoms with E-state index in [4.69, 9.17) is 0 Å². The lowest BCUT2D eigenvalue weighted by molar-refractivity contribution is -0.123. The second-order valence-electron chi connectivity index (χ2n) is 5.98. The number of hydrogen-bond donors (Lipinski definition) is 1. The molecule has 22 heavy (non-hydrogen) atoms. The van der Waals surface area contributed by atoms with Crippen LogP contribution in [0.1, 0.15) is 24.9 Å². The zero-order chi connectivity index (χ0) is 15.5. The van der Waals surface area contributed by atoms with Crippen LogP contribution in [0.2, 0.25) is 0 Å². The molecule has 1 heterocycles. The molecule has 3 rings (SSSR count). The predicted octanol–water partition coefficient (Wildman–Crippen LogP) is 2.36. The van der Waals surface area contributed by atoms with Gasteiger partial charge in [0.2, 0.25) is 5.91 Å². The summed E-state index contributed by atoms with van der Waals surface area (Å²) in [6, 6.07) is 14.7. The van der Waals surface area contributed by atoms with Crippen molar-refractivity contribution in [2.75, 3.05) is 0 Å². The summed E-state index contributed by atoms with van der Waals surface area (Å²) in [5.41, 5.74) is 0.956. The fourth-order valence-electron chi connectivity index (χ4n) is 2.69. The summed E-state index contributed by atoms with van der Waals surface area (Å²) in [5, 5.41) is 3.10. The zero-order valence-corrected chi connectivity index (χ0v) is 12.6. The first kappa shape index (κ1) is 14.6. The van der Waals surface area contributed by atoms with Crippen molar-refractivity contribution < 1.29 is 4.79 Å². The molecular weight excluding hydrogens is 276 g/mol. The van der Waals surface area contributed by atoms with Gasteiger partial charge in [-0.2, -0.15) is 0 Å². The Morgan fingerprint density at radius 2 is 1.91 bits per heavy atom. The van der Waals surface area contributed by atoms with Crippen molar-refractivity contribution in [1.29, 1.82) is 0 Å². The second kappa shape index (κ2) is 6.18. The van der Waals surface area contributed by atoms with Crippen LogP contribution in [0.15, 0.2) is 59.5 Å². The molecule has 114 valence electrons. The number of carbonyl (C=O) groups excluding carboxylic acids is 1. The van der Waals surface area contributed by atoms with Crippen molar-refractivity contribution in [2.24, 2.45) is 11.8 Å². The average molecular weight is 296 g/mol. The van der Waals surface area contributed by atoms with Crippen LogP contribution in [0, 0.1) is 11.8 Å². The van der Waals surface area contributed by atoms with E-state index >= 15 is 0 Å². The first-order chi connectivity index (χ1) is 10.6. The first-order valence-electron chi connectivity index (χ1n) is 7.66. The molecular formula is C18H20N2O2. The summed E-state index contributed by atoms with van der Waals surface area (Å²) >= 11 is 0. The molecule has 1 aliphatic rings. The summed E-state index contributed by atoms with van der Waals surface area (Å²) in [5.74, 6) is 0.680. The fourth-order valence-corrected chi connectivity index (χ4v) is 2.69. The highest BCUT2D eigenvalue weighted by Crippen LogP contribution is 2.38. The summed E-state index contributed by atoms with van der Waals surface area (Å²) in [6.07, 6.45) is 2.71. The maximum atomic E-state index is 12.3. The summed E-state index contributed by atoms with van der Waals surface area (Å²) in [6.45, 7) is 2.53. The molecule has 0 radical (unpaired) electrons. The number of nitrogens with one attached hydrogen (secondary N) is 1. The minimum Gasteiger partial charge on any atom is -0.347 e. The normalized spacial score (nSPS) is 21.1. The quantitative estimate of drug-likeness (QED) is 0.921. The smallest absolute Gasteiger partial charge is 0.250 e. The van der Waals surface area contributed by atoms with Crippen LogP contribution >= 0.6 is 0 Å². The maximum absolute atomic E-state index is 12.3. The number of aromatic nitrogens is 1. The molecule has 0 bridgehead atoms. The van der Waals surface area contributed by atoms with Gasteiger partial charge in [-0.25, -0.2) is 0 Å². The molecule has 0 spiro atoms. The van der Waals surface area contributed by atoms with Gasteiger partial charge in [-0.1, -0.05) is 43.3 Å². The van der Waals surface area contributed by atoms with Crippen molar-refractivity contribution >= 4 is 5.91 Å². The minimum absolute atomic E-state index is 0.0579. The molecule has 3 atom stereocenters. The minimum atomic E-state index is -0.193. The van der Waals surface area contributed by atoms with Crippen LogP contribution in [0.3, 0.4) is 0 Å².